The lowest BCUT2D eigenvalue weighted by Gasteiger charge is -2.26. The van der Waals surface area contributed by atoms with Crippen molar-refractivity contribution in [3.63, 3.8) is 0 Å². The monoisotopic (exact) mass is 1150 g/mol. The lowest BCUT2D eigenvalue weighted by Crippen LogP contribution is -2.16. The standard InChI is InChI=1S/C82H50N8/c1-11-31-66-54(21-1)55-22-2-12-32-67(55)85(66)52-41-43-76-64(49-52)65-50-53(86-68-33-13-3-23-56(68)57-24-4-14-34-69(57)86)42-44-77(65)90(76)82-80(88-72-37-17-7-27-60(72)61-28-8-18-38-73(61)88)78(51-45-47-83-48-46-51)79(87-70-35-15-5-25-58(70)59-26-6-16-36-71(59)87)81(84-82)89-74-39-19-9-29-62(74)63-30-10-20-40-75(63)89/h1-50H. The molecule has 8 aromatic heterocycles. The van der Waals surface area contributed by atoms with Crippen LogP contribution in [0.25, 0.3) is 176 Å². The summed E-state index contributed by atoms with van der Waals surface area (Å²) in [6.07, 6.45) is 3.88. The second kappa shape index (κ2) is 18.6. The minimum Gasteiger partial charge on any atom is -0.309 e. The zero-order valence-corrected chi connectivity index (χ0v) is 48.4. The largest absolute Gasteiger partial charge is 0.309 e. The summed E-state index contributed by atoms with van der Waals surface area (Å²) in [6, 6.07) is 107. The summed E-state index contributed by atoms with van der Waals surface area (Å²) in [6.45, 7) is 0. The third kappa shape index (κ3) is 6.68. The van der Waals surface area contributed by atoms with Crippen LogP contribution in [0.1, 0.15) is 0 Å². The molecule has 20 aromatic rings. The molecule has 418 valence electrons. The topological polar surface area (TPSA) is 55.4 Å². The Kier molecular flexibility index (Phi) is 10.1. The molecule has 0 fully saturated rings. The van der Waals surface area contributed by atoms with E-state index in [0.717, 1.165) is 155 Å². The van der Waals surface area contributed by atoms with Crippen molar-refractivity contribution in [1.29, 1.82) is 0 Å². The van der Waals surface area contributed by atoms with E-state index in [4.69, 9.17) is 9.97 Å². The van der Waals surface area contributed by atoms with Crippen molar-refractivity contribution < 1.29 is 0 Å². The molecule has 0 atom stereocenters. The molecule has 0 saturated heterocycles. The number of para-hydroxylation sites is 10. The van der Waals surface area contributed by atoms with Gasteiger partial charge in [0.1, 0.15) is 11.4 Å². The molecule has 8 heterocycles. The molecule has 8 heteroatoms. The summed E-state index contributed by atoms with van der Waals surface area (Å²) in [5, 5.41) is 14.0. The third-order valence-corrected chi connectivity index (χ3v) is 19.1. The van der Waals surface area contributed by atoms with Gasteiger partial charge in [-0.3, -0.25) is 14.1 Å². The fourth-order valence-electron chi connectivity index (χ4n) is 15.5. The van der Waals surface area contributed by atoms with Crippen molar-refractivity contribution >= 4 is 131 Å². The number of benzene rings is 12. The molecule has 0 bridgehead atoms. The average Bonchev–Trinajstić information content (AvgIpc) is 1.53. The first-order valence-electron chi connectivity index (χ1n) is 30.7. The summed E-state index contributed by atoms with van der Waals surface area (Å²) in [4.78, 5) is 11.3. The van der Waals surface area contributed by atoms with Gasteiger partial charge in [0.05, 0.1) is 66.2 Å². The quantitative estimate of drug-likeness (QED) is 0.160. The van der Waals surface area contributed by atoms with Crippen LogP contribution in [-0.2, 0) is 0 Å². The minimum absolute atomic E-state index is 0.768. The molecule has 12 aromatic carbocycles. The Labute approximate surface area is 514 Å². The van der Waals surface area contributed by atoms with E-state index in [0.29, 0.717) is 0 Å². The van der Waals surface area contributed by atoms with Crippen LogP contribution in [0.4, 0.5) is 0 Å². The van der Waals surface area contributed by atoms with Crippen molar-refractivity contribution in [2.45, 2.75) is 0 Å². The summed E-state index contributed by atoms with van der Waals surface area (Å²) >= 11 is 0. The van der Waals surface area contributed by atoms with E-state index in [1.54, 1.807) is 0 Å². The van der Waals surface area contributed by atoms with E-state index in [9.17, 15) is 0 Å². The fourth-order valence-corrected chi connectivity index (χ4v) is 15.5. The number of nitrogens with zero attached hydrogens (tertiary/aromatic N) is 8. The molecule has 90 heavy (non-hydrogen) atoms. The Morgan fingerprint density at radius 1 is 0.200 bits per heavy atom. The van der Waals surface area contributed by atoms with E-state index < -0.39 is 0 Å². The number of fused-ring (bicyclic) bond motifs is 18. The number of hydrogen-bond acceptors (Lipinski definition) is 2. The second-order valence-corrected chi connectivity index (χ2v) is 23.7. The van der Waals surface area contributed by atoms with E-state index >= 15 is 0 Å². The SMILES string of the molecule is c1ccc2c(c1)c1ccccc1n2-c1ccc2c(c1)c1cc(-n3c4ccccc4c4ccccc43)ccc1n2-c1nc(-n2c3ccccc3c3ccccc32)c(-n2c3ccccc3c3ccccc32)c(-c2ccncc2)c1-n1c2ccccc2c2ccccc21. The molecule has 0 aliphatic heterocycles. The highest BCUT2D eigenvalue weighted by Crippen LogP contribution is 2.50. The molecule has 0 amide bonds. The molecule has 20 rings (SSSR count). The molecular weight excluding hydrogens is 1100 g/mol. The van der Waals surface area contributed by atoms with E-state index in [1.807, 2.05) is 12.4 Å². The molecule has 0 N–H and O–H groups in total. The predicted octanol–water partition coefficient (Wildman–Crippen LogP) is 20.7. The number of aromatic nitrogens is 8. The van der Waals surface area contributed by atoms with E-state index in [-0.39, 0.29) is 0 Å². The van der Waals surface area contributed by atoms with Crippen molar-refractivity contribution in [3.05, 3.63) is 304 Å². The zero-order chi connectivity index (χ0) is 58.7. The first-order valence-corrected chi connectivity index (χ1v) is 30.7. The van der Waals surface area contributed by atoms with Crippen molar-refractivity contribution in [2.24, 2.45) is 0 Å². The second-order valence-electron chi connectivity index (χ2n) is 23.7. The smallest absolute Gasteiger partial charge is 0.165 e. The Morgan fingerprint density at radius 2 is 0.433 bits per heavy atom. The first kappa shape index (κ1) is 48.9. The van der Waals surface area contributed by atoms with Crippen LogP contribution < -0.4 is 0 Å². The maximum atomic E-state index is 6.55. The van der Waals surface area contributed by atoms with Crippen molar-refractivity contribution in [1.82, 2.24) is 37.4 Å². The summed E-state index contributed by atoms with van der Waals surface area (Å²) < 4.78 is 14.8. The van der Waals surface area contributed by atoms with Crippen LogP contribution in [0.5, 0.6) is 0 Å². The molecular formula is C82H50N8. The van der Waals surface area contributed by atoms with Gasteiger partial charge in [0, 0.05) is 94.0 Å². The van der Waals surface area contributed by atoms with Crippen LogP contribution in [0.15, 0.2) is 304 Å². The van der Waals surface area contributed by atoms with Crippen molar-refractivity contribution in [3.8, 4) is 45.5 Å². The van der Waals surface area contributed by atoms with Gasteiger partial charge in [-0.25, -0.2) is 4.98 Å². The highest BCUT2D eigenvalue weighted by Gasteiger charge is 2.33. The lowest BCUT2D eigenvalue weighted by atomic mass is 10.0. The Morgan fingerprint density at radius 3 is 0.711 bits per heavy atom. The normalized spacial score (nSPS) is 12.2. The Bertz CT molecular complexity index is 5980. The fraction of sp³-hybridized carbons (Fsp3) is 0. The zero-order valence-electron chi connectivity index (χ0n) is 48.4. The molecule has 0 aliphatic carbocycles. The summed E-state index contributed by atoms with van der Waals surface area (Å²) in [5.74, 6) is 1.55. The van der Waals surface area contributed by atoms with Gasteiger partial charge in [0.25, 0.3) is 0 Å². The summed E-state index contributed by atoms with van der Waals surface area (Å²) in [7, 11) is 0. The molecule has 0 unspecified atom stereocenters. The molecule has 0 aliphatic rings. The van der Waals surface area contributed by atoms with Gasteiger partial charge in [-0.05, 0) is 115 Å². The van der Waals surface area contributed by atoms with Gasteiger partial charge in [-0.2, -0.15) is 0 Å². The minimum atomic E-state index is 0.768. The Hall–Kier alpha value is -12.3. The maximum absolute atomic E-state index is 6.55. The first-order chi connectivity index (χ1) is 44.7. The van der Waals surface area contributed by atoms with Gasteiger partial charge in [-0.1, -0.05) is 182 Å². The molecule has 8 nitrogen and oxygen atoms in total. The third-order valence-electron chi connectivity index (χ3n) is 19.1. The van der Waals surface area contributed by atoms with Crippen LogP contribution >= 0.6 is 0 Å². The number of pyridine rings is 2. The van der Waals surface area contributed by atoms with Crippen LogP contribution in [-0.4, -0.2) is 37.4 Å². The predicted molar refractivity (Wildman–Crippen MR) is 374 cm³/mol. The number of hydrogen-bond donors (Lipinski definition) is 0. The Balaban J connectivity index is 1.03. The molecule has 0 saturated carbocycles. The van der Waals surface area contributed by atoms with Gasteiger partial charge >= 0.3 is 0 Å². The highest BCUT2D eigenvalue weighted by molar-refractivity contribution is 6.18. The van der Waals surface area contributed by atoms with Crippen molar-refractivity contribution in [2.75, 3.05) is 0 Å². The van der Waals surface area contributed by atoms with Gasteiger partial charge in [0.15, 0.2) is 11.6 Å². The van der Waals surface area contributed by atoms with Crippen LogP contribution in [0, 0.1) is 0 Å². The summed E-state index contributed by atoms with van der Waals surface area (Å²) in [5.41, 5.74) is 19.0. The average molecular weight is 1150 g/mol. The van der Waals surface area contributed by atoms with Gasteiger partial charge < -0.3 is 18.3 Å². The van der Waals surface area contributed by atoms with Gasteiger partial charge in [0.2, 0.25) is 0 Å². The number of rotatable bonds is 7. The molecule has 0 spiro atoms. The van der Waals surface area contributed by atoms with Crippen LogP contribution in [0.3, 0.4) is 0 Å². The lowest BCUT2D eigenvalue weighted by molar-refractivity contribution is 0.960. The van der Waals surface area contributed by atoms with E-state index in [2.05, 4.69) is 319 Å². The molecule has 0 radical (unpaired) electrons. The highest BCUT2D eigenvalue weighted by atomic mass is 15.2. The maximum Gasteiger partial charge on any atom is 0.165 e. The van der Waals surface area contributed by atoms with Crippen LogP contribution in [0.2, 0.25) is 0 Å². The van der Waals surface area contributed by atoms with E-state index in [1.165, 1.54) is 21.5 Å². The van der Waals surface area contributed by atoms with Gasteiger partial charge in [-0.15, -0.1) is 0 Å².